The van der Waals surface area contributed by atoms with Crippen molar-refractivity contribution in [1.29, 1.82) is 0 Å². The van der Waals surface area contributed by atoms with Crippen LogP contribution in [0.25, 0.3) is 0 Å². The van der Waals surface area contributed by atoms with Crippen LogP contribution < -0.4 is 5.73 Å². The number of benzene rings is 1. The molecule has 1 heterocycles. The molecule has 11 heteroatoms. The van der Waals surface area contributed by atoms with Gasteiger partial charge in [-0.25, -0.2) is 9.78 Å². The van der Waals surface area contributed by atoms with Crippen molar-refractivity contribution in [3.8, 4) is 0 Å². The van der Waals surface area contributed by atoms with Crippen molar-refractivity contribution >= 4 is 33.8 Å². The normalized spacial score (nSPS) is 9.33. The summed E-state index contributed by atoms with van der Waals surface area (Å²) in [6.07, 6.45) is 1.68. The number of nitro benzene ring substituents is 2. The van der Waals surface area contributed by atoms with E-state index in [9.17, 15) is 25.0 Å². The number of hydrogen-bond donors (Lipinski definition) is 2. The summed E-state index contributed by atoms with van der Waals surface area (Å²) >= 11 is 1.44. The van der Waals surface area contributed by atoms with E-state index in [4.69, 9.17) is 10.8 Å². The van der Waals surface area contributed by atoms with E-state index < -0.39 is 32.8 Å². The highest BCUT2D eigenvalue weighted by Crippen LogP contribution is 2.22. The highest BCUT2D eigenvalue weighted by atomic mass is 32.1. The molecule has 0 aliphatic rings. The smallest absolute Gasteiger partial charge is 0.336 e. The van der Waals surface area contributed by atoms with Gasteiger partial charge in [-0.3, -0.25) is 20.2 Å². The summed E-state index contributed by atoms with van der Waals surface area (Å²) in [4.78, 5) is 33.1. The zero-order valence-electron chi connectivity index (χ0n) is 10.2. The van der Waals surface area contributed by atoms with Crippen LogP contribution >= 0.6 is 11.3 Å². The lowest BCUT2D eigenvalue weighted by molar-refractivity contribution is -0.394. The number of rotatable bonds is 3. The molecule has 10 nitrogen and oxygen atoms in total. The number of aromatic nitrogens is 1. The number of thiazole rings is 1. The van der Waals surface area contributed by atoms with Crippen LogP contribution in [-0.4, -0.2) is 25.9 Å². The number of carboxylic acid groups (broad SMARTS) is 1. The predicted octanol–water partition coefficient (Wildman–Crippen LogP) is 1.93. The lowest BCUT2D eigenvalue weighted by Crippen LogP contribution is -2.00. The molecule has 2 rings (SSSR count). The van der Waals surface area contributed by atoms with Crippen molar-refractivity contribution in [1.82, 2.24) is 4.98 Å². The molecule has 0 unspecified atom stereocenters. The van der Waals surface area contributed by atoms with Gasteiger partial charge < -0.3 is 10.8 Å². The molecule has 0 saturated heterocycles. The third kappa shape index (κ3) is 4.83. The van der Waals surface area contributed by atoms with Gasteiger partial charge in [-0.05, 0) is 0 Å². The van der Waals surface area contributed by atoms with Crippen LogP contribution in [0.2, 0.25) is 0 Å². The first-order chi connectivity index (χ1) is 9.81. The summed E-state index contributed by atoms with van der Waals surface area (Å²) in [6.45, 7) is 0. The van der Waals surface area contributed by atoms with Crippen molar-refractivity contribution in [2.75, 3.05) is 5.73 Å². The molecule has 3 N–H and O–H groups in total. The van der Waals surface area contributed by atoms with Crippen molar-refractivity contribution in [2.45, 2.75) is 0 Å². The second kappa shape index (κ2) is 6.91. The van der Waals surface area contributed by atoms with Gasteiger partial charge in [0.05, 0.1) is 21.5 Å². The molecule has 0 fully saturated rings. The fourth-order valence-electron chi connectivity index (χ4n) is 1.16. The van der Waals surface area contributed by atoms with Crippen molar-refractivity contribution < 1.29 is 19.7 Å². The molecule has 0 radical (unpaired) electrons. The van der Waals surface area contributed by atoms with Gasteiger partial charge in [-0.1, -0.05) is 0 Å². The second-order valence-corrected chi connectivity index (χ2v) is 4.35. The number of hydrogen-bond acceptors (Lipinski definition) is 8. The van der Waals surface area contributed by atoms with Crippen molar-refractivity contribution in [3.05, 3.63) is 55.6 Å². The summed E-state index contributed by atoms with van der Waals surface area (Å²) in [6, 6.07) is 2.22. The largest absolute Gasteiger partial charge is 0.478 e. The third-order valence-corrected chi connectivity index (χ3v) is 2.63. The fraction of sp³-hybridized carbons (Fsp3) is 0. The Labute approximate surface area is 120 Å². The zero-order valence-corrected chi connectivity index (χ0v) is 11.0. The van der Waals surface area contributed by atoms with Gasteiger partial charge in [0.2, 0.25) is 0 Å². The topological polar surface area (TPSA) is 162 Å². The van der Waals surface area contributed by atoms with Gasteiger partial charge in [-0.15, -0.1) is 11.3 Å². The lowest BCUT2D eigenvalue weighted by Gasteiger charge is -1.96. The van der Waals surface area contributed by atoms with E-state index in [1.54, 1.807) is 6.20 Å². The molecular formula is C10H8N4O6S. The molecule has 0 spiro atoms. The first-order valence-electron chi connectivity index (χ1n) is 5.13. The van der Waals surface area contributed by atoms with E-state index in [-0.39, 0.29) is 0 Å². The van der Waals surface area contributed by atoms with E-state index in [0.29, 0.717) is 11.2 Å². The Hall–Kier alpha value is -3.08. The first-order valence-corrected chi connectivity index (χ1v) is 6.01. The van der Waals surface area contributed by atoms with E-state index in [1.165, 1.54) is 11.3 Å². The number of aromatic carboxylic acids is 1. The van der Waals surface area contributed by atoms with Gasteiger partial charge in [-0.2, -0.15) is 0 Å². The third-order valence-electron chi connectivity index (χ3n) is 2.02. The molecule has 1 aromatic heterocycles. The van der Waals surface area contributed by atoms with E-state index in [0.717, 1.165) is 12.1 Å². The van der Waals surface area contributed by atoms with E-state index in [1.807, 2.05) is 5.38 Å². The average molecular weight is 312 g/mol. The number of anilines is 1. The fourth-order valence-corrected chi connectivity index (χ4v) is 1.55. The summed E-state index contributed by atoms with van der Waals surface area (Å²) in [7, 11) is 0. The number of nitro groups is 2. The molecule has 110 valence electrons. The van der Waals surface area contributed by atoms with Crippen LogP contribution in [-0.2, 0) is 0 Å². The Morgan fingerprint density at radius 1 is 1.19 bits per heavy atom. The minimum Gasteiger partial charge on any atom is -0.478 e. The van der Waals surface area contributed by atoms with Gasteiger partial charge in [0.25, 0.3) is 11.4 Å². The number of non-ortho nitro benzene ring substituents is 2. The monoisotopic (exact) mass is 312 g/mol. The van der Waals surface area contributed by atoms with Crippen LogP contribution in [0.3, 0.4) is 0 Å². The molecule has 0 aliphatic carbocycles. The highest BCUT2D eigenvalue weighted by Gasteiger charge is 2.19. The van der Waals surface area contributed by atoms with E-state index >= 15 is 0 Å². The summed E-state index contributed by atoms with van der Waals surface area (Å²) in [5, 5.41) is 31.7. The Morgan fingerprint density at radius 2 is 1.71 bits per heavy atom. The van der Waals surface area contributed by atoms with Crippen LogP contribution in [0.15, 0.2) is 29.8 Å². The minimum absolute atomic E-state index is 0.490. The lowest BCUT2D eigenvalue weighted by atomic mass is 10.2. The predicted molar refractivity (Wildman–Crippen MR) is 73.2 cm³/mol. The first kappa shape index (κ1) is 16.0. The molecule has 0 atom stereocenters. The minimum atomic E-state index is -1.46. The maximum Gasteiger partial charge on any atom is 0.336 e. The molecule has 2 aromatic rings. The highest BCUT2D eigenvalue weighted by molar-refractivity contribution is 7.13. The number of nitrogen functional groups attached to an aromatic ring is 1. The number of nitrogens with two attached hydrogens (primary N) is 1. The molecule has 0 bridgehead atoms. The number of nitrogens with zero attached hydrogens (tertiary/aromatic N) is 3. The molecule has 0 amide bonds. The Morgan fingerprint density at radius 3 is 1.95 bits per heavy atom. The number of carbonyl (C=O) groups is 1. The van der Waals surface area contributed by atoms with Gasteiger partial charge in [0.15, 0.2) is 5.13 Å². The van der Waals surface area contributed by atoms with Crippen LogP contribution in [0, 0.1) is 20.2 Å². The zero-order chi connectivity index (χ0) is 16.0. The molecular weight excluding hydrogens is 304 g/mol. The van der Waals surface area contributed by atoms with Crippen LogP contribution in [0.1, 0.15) is 10.4 Å². The molecule has 0 aliphatic heterocycles. The summed E-state index contributed by atoms with van der Waals surface area (Å²) in [5.41, 5.74) is 3.45. The SMILES string of the molecule is Nc1nccs1.O=C(O)c1cc([N+](=O)[O-])cc([N+](=O)[O-])c1. The average Bonchev–Trinajstić information content (AvgIpc) is 2.89. The van der Waals surface area contributed by atoms with Gasteiger partial charge in [0.1, 0.15) is 0 Å². The molecule has 21 heavy (non-hydrogen) atoms. The second-order valence-electron chi connectivity index (χ2n) is 3.43. The quantitative estimate of drug-likeness (QED) is 0.641. The summed E-state index contributed by atoms with van der Waals surface area (Å²) < 4.78 is 0. The molecule has 0 saturated carbocycles. The number of carboxylic acids is 1. The standard InChI is InChI=1S/C7H4N2O6.C3H4N2S/c10-7(11)4-1-5(8(12)13)3-6(2-4)9(14)15;4-3-5-1-2-6-3/h1-3H,(H,10,11);1-2H,(H2,4,5). The Bertz CT molecular complexity index is 593. The van der Waals surface area contributed by atoms with Gasteiger partial charge >= 0.3 is 5.97 Å². The van der Waals surface area contributed by atoms with E-state index in [2.05, 4.69) is 4.98 Å². The molecule has 1 aromatic carbocycles. The van der Waals surface area contributed by atoms with Crippen molar-refractivity contribution in [2.24, 2.45) is 0 Å². The Balaban J connectivity index is 0.000000304. The Kier molecular flexibility index (Phi) is 5.25. The van der Waals surface area contributed by atoms with Crippen molar-refractivity contribution in [3.63, 3.8) is 0 Å². The maximum atomic E-state index is 10.5. The summed E-state index contributed by atoms with van der Waals surface area (Å²) in [5.74, 6) is -1.46. The van der Waals surface area contributed by atoms with Gasteiger partial charge in [0, 0.05) is 23.7 Å². The van der Waals surface area contributed by atoms with Crippen LogP contribution in [0.5, 0.6) is 0 Å². The van der Waals surface area contributed by atoms with Crippen LogP contribution in [0.4, 0.5) is 16.5 Å². The maximum absolute atomic E-state index is 10.5.